The van der Waals surface area contributed by atoms with Gasteiger partial charge in [-0.25, -0.2) is 0 Å². The number of aliphatic hydroxyl groups is 1. The van der Waals surface area contributed by atoms with E-state index in [-0.39, 0.29) is 6.61 Å². The van der Waals surface area contributed by atoms with Crippen molar-refractivity contribution in [3.63, 3.8) is 0 Å². The molecule has 0 aliphatic rings. The standard InChI is InChI=1S/C14H22BrNOS/c1-3-7-16-10-12-4-5-13(15)9-14(12)18-11(2)6-8-17/h4-5,9,11,16-17H,3,6-8,10H2,1-2H3. The van der Waals surface area contributed by atoms with Crippen LogP contribution in [0.5, 0.6) is 0 Å². The van der Waals surface area contributed by atoms with Crippen molar-refractivity contribution in [1.82, 2.24) is 5.32 Å². The average molecular weight is 332 g/mol. The lowest BCUT2D eigenvalue weighted by molar-refractivity contribution is 0.289. The Labute approximate surface area is 123 Å². The maximum Gasteiger partial charge on any atom is 0.0441 e. The third-order valence-electron chi connectivity index (χ3n) is 2.64. The van der Waals surface area contributed by atoms with Crippen molar-refractivity contribution in [1.29, 1.82) is 0 Å². The molecule has 0 saturated heterocycles. The maximum atomic E-state index is 8.98. The number of rotatable bonds is 8. The number of halogens is 1. The molecule has 1 aromatic rings. The summed E-state index contributed by atoms with van der Waals surface area (Å²) >= 11 is 5.36. The van der Waals surface area contributed by atoms with Gasteiger partial charge in [0.2, 0.25) is 0 Å². The second-order valence-electron chi connectivity index (χ2n) is 4.37. The minimum atomic E-state index is 0.256. The van der Waals surface area contributed by atoms with Crippen LogP contribution in [-0.4, -0.2) is 23.5 Å². The highest BCUT2D eigenvalue weighted by molar-refractivity contribution is 9.10. The topological polar surface area (TPSA) is 32.3 Å². The zero-order valence-corrected chi connectivity index (χ0v) is 13.5. The molecule has 0 bridgehead atoms. The Hall–Kier alpha value is -0.0300. The van der Waals surface area contributed by atoms with Gasteiger partial charge in [0.25, 0.3) is 0 Å². The molecule has 0 aromatic heterocycles. The van der Waals surface area contributed by atoms with Crippen LogP contribution in [0.25, 0.3) is 0 Å². The number of nitrogens with one attached hydrogen (secondary N) is 1. The lowest BCUT2D eigenvalue weighted by Gasteiger charge is -2.14. The van der Waals surface area contributed by atoms with E-state index in [0.29, 0.717) is 5.25 Å². The molecule has 0 heterocycles. The van der Waals surface area contributed by atoms with Crippen LogP contribution in [0.4, 0.5) is 0 Å². The van der Waals surface area contributed by atoms with Crippen LogP contribution in [0.2, 0.25) is 0 Å². The summed E-state index contributed by atoms with van der Waals surface area (Å²) in [5.41, 5.74) is 1.33. The summed E-state index contributed by atoms with van der Waals surface area (Å²) in [5.74, 6) is 0. The number of hydrogen-bond donors (Lipinski definition) is 2. The molecule has 1 rings (SSSR count). The number of hydrogen-bond acceptors (Lipinski definition) is 3. The van der Waals surface area contributed by atoms with Crippen molar-refractivity contribution in [2.75, 3.05) is 13.2 Å². The molecule has 0 saturated carbocycles. The summed E-state index contributed by atoms with van der Waals surface area (Å²) in [7, 11) is 0. The first-order chi connectivity index (χ1) is 8.67. The summed E-state index contributed by atoms with van der Waals surface area (Å²) in [5, 5.41) is 12.9. The van der Waals surface area contributed by atoms with E-state index in [1.165, 1.54) is 10.5 Å². The average Bonchev–Trinajstić information content (AvgIpc) is 2.32. The summed E-state index contributed by atoms with van der Waals surface area (Å²) in [6.07, 6.45) is 1.99. The van der Waals surface area contributed by atoms with Crippen LogP contribution in [0.1, 0.15) is 32.3 Å². The highest BCUT2D eigenvalue weighted by Crippen LogP contribution is 2.30. The third-order valence-corrected chi connectivity index (χ3v) is 4.40. The molecule has 0 spiro atoms. The normalized spacial score (nSPS) is 12.7. The van der Waals surface area contributed by atoms with Crippen molar-refractivity contribution >= 4 is 27.7 Å². The Morgan fingerprint density at radius 3 is 2.89 bits per heavy atom. The van der Waals surface area contributed by atoms with Gasteiger partial charge in [-0.2, -0.15) is 0 Å². The van der Waals surface area contributed by atoms with Crippen LogP contribution in [0, 0.1) is 0 Å². The van der Waals surface area contributed by atoms with E-state index in [2.05, 4.69) is 53.3 Å². The fraction of sp³-hybridized carbons (Fsp3) is 0.571. The zero-order chi connectivity index (χ0) is 13.4. The highest BCUT2D eigenvalue weighted by atomic mass is 79.9. The summed E-state index contributed by atoms with van der Waals surface area (Å²) in [6.45, 7) is 6.55. The largest absolute Gasteiger partial charge is 0.396 e. The van der Waals surface area contributed by atoms with Crippen molar-refractivity contribution in [3.8, 4) is 0 Å². The van der Waals surface area contributed by atoms with E-state index in [9.17, 15) is 0 Å². The van der Waals surface area contributed by atoms with Crippen molar-refractivity contribution in [2.45, 2.75) is 43.4 Å². The minimum Gasteiger partial charge on any atom is -0.396 e. The molecule has 1 atom stereocenters. The minimum absolute atomic E-state index is 0.256. The smallest absolute Gasteiger partial charge is 0.0441 e. The fourth-order valence-electron chi connectivity index (χ4n) is 1.64. The molecule has 0 fully saturated rings. The number of thioether (sulfide) groups is 1. The first-order valence-corrected chi connectivity index (χ1v) is 8.11. The van der Waals surface area contributed by atoms with Crippen molar-refractivity contribution < 1.29 is 5.11 Å². The molecule has 102 valence electrons. The predicted molar refractivity (Wildman–Crippen MR) is 83.2 cm³/mol. The molecule has 2 nitrogen and oxygen atoms in total. The molecule has 4 heteroatoms. The van der Waals surface area contributed by atoms with E-state index >= 15 is 0 Å². The number of benzene rings is 1. The monoisotopic (exact) mass is 331 g/mol. The SMILES string of the molecule is CCCNCc1ccc(Br)cc1SC(C)CCO. The second-order valence-corrected chi connectivity index (χ2v) is 6.77. The van der Waals surface area contributed by atoms with Gasteiger partial charge in [-0.3, -0.25) is 0 Å². The molecule has 0 aliphatic carbocycles. The predicted octanol–water partition coefficient (Wildman–Crippen LogP) is 3.81. The Morgan fingerprint density at radius 2 is 2.22 bits per heavy atom. The van der Waals surface area contributed by atoms with E-state index in [4.69, 9.17) is 5.11 Å². The molecule has 1 aromatic carbocycles. The van der Waals surface area contributed by atoms with Gasteiger partial charge in [0.15, 0.2) is 0 Å². The van der Waals surface area contributed by atoms with Crippen molar-refractivity contribution in [2.24, 2.45) is 0 Å². The summed E-state index contributed by atoms with van der Waals surface area (Å²) < 4.78 is 1.11. The maximum absolute atomic E-state index is 8.98. The van der Waals surface area contributed by atoms with Gasteiger partial charge in [-0.15, -0.1) is 11.8 Å². The molecule has 0 radical (unpaired) electrons. The summed E-state index contributed by atoms with van der Waals surface area (Å²) in [6, 6.07) is 6.42. The van der Waals surface area contributed by atoms with Crippen LogP contribution in [-0.2, 0) is 6.54 Å². The first kappa shape index (κ1) is 16.0. The molecule has 0 aliphatic heterocycles. The number of aliphatic hydroxyl groups excluding tert-OH is 1. The van der Waals surface area contributed by atoms with E-state index in [1.54, 1.807) is 0 Å². The first-order valence-electron chi connectivity index (χ1n) is 6.44. The quantitative estimate of drug-likeness (QED) is 0.561. The molecule has 2 N–H and O–H groups in total. The summed E-state index contributed by atoms with van der Waals surface area (Å²) in [4.78, 5) is 1.30. The van der Waals surface area contributed by atoms with Gasteiger partial charge in [0.1, 0.15) is 0 Å². The Kier molecular flexibility index (Phi) is 7.98. The van der Waals surface area contributed by atoms with Gasteiger partial charge in [0, 0.05) is 27.8 Å². The van der Waals surface area contributed by atoms with Crippen LogP contribution in [0.3, 0.4) is 0 Å². The fourth-order valence-corrected chi connectivity index (χ4v) is 3.30. The van der Waals surface area contributed by atoms with E-state index < -0.39 is 0 Å². The van der Waals surface area contributed by atoms with Gasteiger partial charge in [-0.05, 0) is 37.1 Å². The Morgan fingerprint density at radius 1 is 1.44 bits per heavy atom. The zero-order valence-electron chi connectivity index (χ0n) is 11.1. The van der Waals surface area contributed by atoms with E-state index in [1.807, 2.05) is 11.8 Å². The highest BCUT2D eigenvalue weighted by Gasteiger charge is 2.08. The van der Waals surface area contributed by atoms with Crippen LogP contribution < -0.4 is 5.32 Å². The third kappa shape index (κ3) is 5.74. The van der Waals surface area contributed by atoms with Gasteiger partial charge >= 0.3 is 0 Å². The molecule has 1 unspecified atom stereocenters. The lowest BCUT2D eigenvalue weighted by atomic mass is 10.2. The van der Waals surface area contributed by atoms with E-state index in [0.717, 1.165) is 30.4 Å². The Balaban J connectivity index is 2.69. The lowest BCUT2D eigenvalue weighted by Crippen LogP contribution is -2.14. The van der Waals surface area contributed by atoms with Gasteiger partial charge < -0.3 is 10.4 Å². The van der Waals surface area contributed by atoms with Crippen LogP contribution >= 0.6 is 27.7 Å². The molecule has 0 amide bonds. The second kappa shape index (κ2) is 8.97. The molecular formula is C14H22BrNOS. The van der Waals surface area contributed by atoms with Gasteiger partial charge in [-0.1, -0.05) is 35.8 Å². The van der Waals surface area contributed by atoms with Crippen LogP contribution in [0.15, 0.2) is 27.6 Å². The van der Waals surface area contributed by atoms with Crippen molar-refractivity contribution in [3.05, 3.63) is 28.2 Å². The molecule has 18 heavy (non-hydrogen) atoms. The van der Waals surface area contributed by atoms with Gasteiger partial charge in [0.05, 0.1) is 0 Å². The Bertz CT molecular complexity index is 360. The molecular weight excluding hydrogens is 310 g/mol.